The van der Waals surface area contributed by atoms with Crippen molar-refractivity contribution in [2.45, 2.75) is 26.8 Å². The second kappa shape index (κ2) is 6.59. The predicted molar refractivity (Wildman–Crippen MR) is 74.5 cm³/mol. The van der Waals surface area contributed by atoms with Crippen molar-refractivity contribution in [3.05, 3.63) is 17.8 Å². The maximum atomic E-state index is 11.7. The first-order chi connectivity index (χ1) is 8.97. The number of carbonyl (C=O) groups is 1. The molecule has 0 aliphatic heterocycles. The normalized spacial score (nSPS) is 10.1. The molecule has 0 bridgehead atoms. The number of rotatable bonds is 5. The first kappa shape index (κ1) is 14.8. The van der Waals surface area contributed by atoms with Crippen LogP contribution in [0.5, 0.6) is 0 Å². The van der Waals surface area contributed by atoms with Gasteiger partial charge in [0, 0.05) is 12.6 Å². The van der Waals surface area contributed by atoms with Crippen molar-refractivity contribution < 1.29 is 4.79 Å². The SMILES string of the molecule is CCN(CC(=O)NC(C)C)c1ccc(N)c(C#N)n1. The number of nitrogens with one attached hydrogen (secondary N) is 1. The lowest BCUT2D eigenvalue weighted by Gasteiger charge is -2.22. The van der Waals surface area contributed by atoms with Gasteiger partial charge in [-0.15, -0.1) is 0 Å². The Morgan fingerprint density at radius 3 is 2.79 bits per heavy atom. The van der Waals surface area contributed by atoms with Crippen LogP contribution in [0.25, 0.3) is 0 Å². The van der Waals surface area contributed by atoms with Gasteiger partial charge in [0.15, 0.2) is 5.69 Å². The van der Waals surface area contributed by atoms with Crippen LogP contribution in [0.2, 0.25) is 0 Å². The zero-order valence-corrected chi connectivity index (χ0v) is 11.5. The van der Waals surface area contributed by atoms with Crippen LogP contribution < -0.4 is 16.0 Å². The number of nitrogens with two attached hydrogens (primary N) is 1. The van der Waals surface area contributed by atoms with Crippen LogP contribution in [0, 0.1) is 11.3 Å². The number of nitriles is 1. The fourth-order valence-corrected chi connectivity index (χ4v) is 1.62. The molecule has 19 heavy (non-hydrogen) atoms. The molecule has 1 heterocycles. The molecule has 1 aromatic rings. The van der Waals surface area contributed by atoms with E-state index in [9.17, 15) is 4.79 Å². The number of hydrogen-bond donors (Lipinski definition) is 2. The molecule has 0 atom stereocenters. The number of nitrogen functional groups attached to an aromatic ring is 1. The summed E-state index contributed by atoms with van der Waals surface area (Å²) >= 11 is 0. The van der Waals surface area contributed by atoms with E-state index in [0.29, 0.717) is 18.1 Å². The van der Waals surface area contributed by atoms with Crippen LogP contribution in [-0.2, 0) is 4.79 Å². The molecule has 0 aliphatic carbocycles. The monoisotopic (exact) mass is 261 g/mol. The number of pyridine rings is 1. The van der Waals surface area contributed by atoms with E-state index >= 15 is 0 Å². The van der Waals surface area contributed by atoms with Crippen LogP contribution in [0.1, 0.15) is 26.5 Å². The van der Waals surface area contributed by atoms with E-state index in [1.807, 2.05) is 26.8 Å². The van der Waals surface area contributed by atoms with E-state index in [1.54, 1.807) is 17.0 Å². The van der Waals surface area contributed by atoms with Crippen molar-refractivity contribution >= 4 is 17.4 Å². The van der Waals surface area contributed by atoms with Gasteiger partial charge in [0.05, 0.1) is 12.2 Å². The van der Waals surface area contributed by atoms with Crippen molar-refractivity contribution in [1.82, 2.24) is 10.3 Å². The molecule has 3 N–H and O–H groups in total. The highest BCUT2D eigenvalue weighted by atomic mass is 16.2. The molecule has 102 valence electrons. The summed E-state index contributed by atoms with van der Waals surface area (Å²) in [5, 5.41) is 11.7. The van der Waals surface area contributed by atoms with E-state index < -0.39 is 0 Å². The highest BCUT2D eigenvalue weighted by Gasteiger charge is 2.13. The molecule has 1 rings (SSSR count). The Morgan fingerprint density at radius 1 is 1.58 bits per heavy atom. The molecule has 0 aliphatic rings. The molecule has 0 aromatic carbocycles. The summed E-state index contributed by atoms with van der Waals surface area (Å²) in [6, 6.07) is 5.37. The Morgan fingerprint density at radius 2 is 2.26 bits per heavy atom. The van der Waals surface area contributed by atoms with Gasteiger partial charge in [-0.05, 0) is 32.9 Å². The fourth-order valence-electron chi connectivity index (χ4n) is 1.62. The second-order valence-electron chi connectivity index (χ2n) is 4.46. The summed E-state index contributed by atoms with van der Waals surface area (Å²) in [6.07, 6.45) is 0. The lowest BCUT2D eigenvalue weighted by molar-refractivity contribution is -0.120. The average Bonchev–Trinajstić information content (AvgIpc) is 2.36. The van der Waals surface area contributed by atoms with Gasteiger partial charge in [-0.2, -0.15) is 5.26 Å². The van der Waals surface area contributed by atoms with Gasteiger partial charge in [0.2, 0.25) is 5.91 Å². The topological polar surface area (TPSA) is 95.0 Å². The molecule has 0 spiro atoms. The van der Waals surface area contributed by atoms with E-state index in [1.165, 1.54) is 0 Å². The Balaban J connectivity index is 2.86. The van der Waals surface area contributed by atoms with Gasteiger partial charge >= 0.3 is 0 Å². The molecule has 1 amide bonds. The fraction of sp³-hybridized carbons (Fsp3) is 0.462. The minimum Gasteiger partial charge on any atom is -0.396 e. The van der Waals surface area contributed by atoms with Crippen molar-refractivity contribution in [1.29, 1.82) is 5.26 Å². The number of carbonyl (C=O) groups excluding carboxylic acids is 1. The molecule has 6 nitrogen and oxygen atoms in total. The third kappa shape index (κ3) is 4.14. The van der Waals surface area contributed by atoms with Crippen molar-refractivity contribution in [2.75, 3.05) is 23.7 Å². The molecular weight excluding hydrogens is 242 g/mol. The highest BCUT2D eigenvalue weighted by Crippen LogP contribution is 2.15. The van der Waals surface area contributed by atoms with E-state index in [2.05, 4.69) is 10.3 Å². The maximum Gasteiger partial charge on any atom is 0.239 e. The molecular formula is C13H19N5O. The lowest BCUT2D eigenvalue weighted by Crippen LogP contribution is -2.40. The smallest absolute Gasteiger partial charge is 0.239 e. The van der Waals surface area contributed by atoms with Gasteiger partial charge in [-0.25, -0.2) is 4.98 Å². The van der Waals surface area contributed by atoms with Crippen LogP contribution in [0.4, 0.5) is 11.5 Å². The number of amides is 1. The van der Waals surface area contributed by atoms with Gasteiger partial charge in [0.25, 0.3) is 0 Å². The van der Waals surface area contributed by atoms with Crippen LogP contribution in [0.3, 0.4) is 0 Å². The second-order valence-corrected chi connectivity index (χ2v) is 4.46. The molecule has 1 aromatic heterocycles. The Bertz CT molecular complexity index is 492. The standard InChI is InChI=1S/C13H19N5O/c1-4-18(8-13(19)16-9(2)3)12-6-5-10(15)11(7-14)17-12/h5-6,9H,4,8,15H2,1-3H3,(H,16,19). The Hall–Kier alpha value is -2.29. The molecule has 6 heteroatoms. The van der Waals surface area contributed by atoms with Crippen molar-refractivity contribution in [3.8, 4) is 6.07 Å². The summed E-state index contributed by atoms with van der Waals surface area (Å²) in [7, 11) is 0. The zero-order valence-electron chi connectivity index (χ0n) is 11.5. The molecule has 0 radical (unpaired) electrons. The molecule has 0 saturated heterocycles. The summed E-state index contributed by atoms with van der Waals surface area (Å²) in [5.41, 5.74) is 6.15. The minimum atomic E-state index is -0.0750. The van der Waals surface area contributed by atoms with E-state index in [-0.39, 0.29) is 24.2 Å². The highest BCUT2D eigenvalue weighted by molar-refractivity contribution is 5.81. The largest absolute Gasteiger partial charge is 0.396 e. The first-order valence-corrected chi connectivity index (χ1v) is 6.18. The van der Waals surface area contributed by atoms with Gasteiger partial charge < -0.3 is 16.0 Å². The zero-order chi connectivity index (χ0) is 14.4. The third-order valence-electron chi connectivity index (χ3n) is 2.51. The van der Waals surface area contributed by atoms with Crippen molar-refractivity contribution in [2.24, 2.45) is 0 Å². The molecule has 0 fully saturated rings. The average molecular weight is 261 g/mol. The summed E-state index contributed by atoms with van der Waals surface area (Å²) in [5.74, 6) is 0.501. The van der Waals surface area contributed by atoms with Crippen LogP contribution in [-0.4, -0.2) is 30.0 Å². The number of hydrogen-bond acceptors (Lipinski definition) is 5. The number of nitrogens with zero attached hydrogens (tertiary/aromatic N) is 3. The number of aromatic nitrogens is 1. The van der Waals surface area contributed by atoms with Gasteiger partial charge in [-0.3, -0.25) is 4.79 Å². The van der Waals surface area contributed by atoms with Gasteiger partial charge in [-0.1, -0.05) is 0 Å². The summed E-state index contributed by atoms with van der Waals surface area (Å²) in [6.45, 7) is 6.56. The van der Waals surface area contributed by atoms with E-state index in [0.717, 1.165) is 0 Å². The first-order valence-electron chi connectivity index (χ1n) is 6.18. The number of anilines is 2. The summed E-state index contributed by atoms with van der Waals surface area (Å²) < 4.78 is 0. The Kier molecular flexibility index (Phi) is 5.12. The molecule has 0 saturated carbocycles. The van der Waals surface area contributed by atoms with Crippen LogP contribution >= 0.6 is 0 Å². The Labute approximate surface area is 113 Å². The van der Waals surface area contributed by atoms with Crippen LogP contribution in [0.15, 0.2) is 12.1 Å². The number of likely N-dealkylation sites (N-methyl/N-ethyl adjacent to an activating group) is 1. The quantitative estimate of drug-likeness (QED) is 0.820. The van der Waals surface area contributed by atoms with E-state index in [4.69, 9.17) is 11.0 Å². The van der Waals surface area contributed by atoms with Gasteiger partial charge in [0.1, 0.15) is 11.9 Å². The maximum absolute atomic E-state index is 11.7. The lowest BCUT2D eigenvalue weighted by atomic mass is 10.3. The molecule has 0 unspecified atom stereocenters. The predicted octanol–water partition coefficient (Wildman–Crippen LogP) is 0.886. The minimum absolute atomic E-state index is 0.0750. The third-order valence-corrected chi connectivity index (χ3v) is 2.51. The van der Waals surface area contributed by atoms with Crippen molar-refractivity contribution in [3.63, 3.8) is 0 Å². The summed E-state index contributed by atoms with van der Waals surface area (Å²) in [4.78, 5) is 17.7.